The maximum atomic E-state index is 13.1. The topological polar surface area (TPSA) is 66.5 Å². The van der Waals surface area contributed by atoms with E-state index >= 15 is 0 Å². The number of thiophene rings is 1. The smallest absolute Gasteiger partial charge is 0.252 e. The fourth-order valence-electron chi connectivity index (χ4n) is 3.65. The number of benzene rings is 1. The van der Waals surface area contributed by atoms with Crippen LogP contribution < -0.4 is 5.32 Å². The number of sulfonamides is 1. The first kappa shape index (κ1) is 28.0. The highest BCUT2D eigenvalue weighted by atomic mass is 35.5. The van der Waals surface area contributed by atoms with E-state index in [1.165, 1.54) is 34.9 Å². The molecule has 1 heterocycles. The van der Waals surface area contributed by atoms with Gasteiger partial charge in [-0.2, -0.15) is 4.31 Å². The van der Waals surface area contributed by atoms with Crippen LogP contribution in [0.2, 0.25) is 5.02 Å². The fourth-order valence-corrected chi connectivity index (χ4v) is 6.70. The molecule has 0 saturated heterocycles. The maximum absolute atomic E-state index is 13.1. The highest BCUT2D eigenvalue weighted by Crippen LogP contribution is 2.28. The van der Waals surface area contributed by atoms with Gasteiger partial charge in [0.1, 0.15) is 4.21 Å². The molecule has 0 bridgehead atoms. The van der Waals surface area contributed by atoms with Gasteiger partial charge in [-0.05, 0) is 61.2 Å². The minimum Gasteiger partial charge on any atom is -0.316 e. The summed E-state index contributed by atoms with van der Waals surface area (Å²) in [5, 5.41) is 4.06. The lowest BCUT2D eigenvalue weighted by Crippen LogP contribution is -2.41. The molecule has 0 fully saturated rings. The molecule has 0 saturated carbocycles. The number of unbranched alkanes of at least 4 members (excludes halogenated alkanes) is 3. The molecule has 0 amide bonds. The van der Waals surface area contributed by atoms with E-state index in [-0.39, 0.29) is 11.2 Å². The van der Waals surface area contributed by atoms with Crippen LogP contribution in [0.3, 0.4) is 0 Å². The lowest BCUT2D eigenvalue weighted by atomic mass is 9.93. The summed E-state index contributed by atoms with van der Waals surface area (Å²) in [6, 6.07) is 10.3. The van der Waals surface area contributed by atoms with Crippen LogP contribution in [-0.4, -0.2) is 45.2 Å². The molecule has 5 nitrogen and oxygen atoms in total. The molecule has 0 unspecified atom stereocenters. The van der Waals surface area contributed by atoms with Crippen molar-refractivity contribution in [1.82, 2.24) is 9.62 Å². The summed E-state index contributed by atoms with van der Waals surface area (Å²) < 4.78 is 28.0. The summed E-state index contributed by atoms with van der Waals surface area (Å²) in [6.07, 6.45) is 5.69. The first-order valence-corrected chi connectivity index (χ1v) is 14.2. The Hall–Kier alpha value is -1.25. The Morgan fingerprint density at radius 2 is 1.79 bits per heavy atom. The van der Waals surface area contributed by atoms with Gasteiger partial charge in [-0.1, -0.05) is 51.6 Å². The summed E-state index contributed by atoms with van der Waals surface area (Å²) >= 11 is 7.12. The average Bonchev–Trinajstić information content (AvgIpc) is 3.24. The zero-order valence-electron chi connectivity index (χ0n) is 20.2. The number of aryl methyl sites for hydroxylation is 1. The molecule has 1 aromatic carbocycles. The summed E-state index contributed by atoms with van der Waals surface area (Å²) in [5.74, 6) is 0.0190. The van der Waals surface area contributed by atoms with E-state index in [1.807, 2.05) is 6.07 Å². The van der Waals surface area contributed by atoms with E-state index < -0.39 is 10.0 Å². The van der Waals surface area contributed by atoms with Gasteiger partial charge < -0.3 is 5.32 Å². The van der Waals surface area contributed by atoms with Crippen LogP contribution >= 0.6 is 22.9 Å². The van der Waals surface area contributed by atoms with E-state index in [1.54, 1.807) is 37.4 Å². The van der Waals surface area contributed by atoms with Gasteiger partial charge in [-0.3, -0.25) is 4.79 Å². The van der Waals surface area contributed by atoms with Crippen LogP contribution in [0.5, 0.6) is 0 Å². The lowest BCUT2D eigenvalue weighted by molar-refractivity contribution is 0.0983. The number of rotatable bonds is 15. The number of hydrogen-bond donors (Lipinski definition) is 1. The monoisotopic (exact) mass is 512 g/mol. The standard InChI is InChI=1S/C25H37ClN2O3S2/c1-5-6-7-8-17-27-18-25(2,3)19-28(4)33(30,31)24-16-14-22(32-24)13-15-23(29)20-9-11-21(26)12-10-20/h9-12,14,16,27H,5-8,13,15,17-19H2,1-4H3. The molecule has 8 heteroatoms. The molecule has 0 radical (unpaired) electrons. The Morgan fingerprint density at radius 3 is 2.45 bits per heavy atom. The van der Waals surface area contributed by atoms with E-state index in [2.05, 4.69) is 26.1 Å². The predicted molar refractivity (Wildman–Crippen MR) is 139 cm³/mol. The summed E-state index contributed by atoms with van der Waals surface area (Å²) in [5.41, 5.74) is 0.433. The Bertz CT molecular complexity index is 985. The second-order valence-corrected chi connectivity index (χ2v) is 13.2. The number of Topliss-reactive ketones (excluding diaryl/α,β-unsaturated/α-hetero) is 1. The average molecular weight is 513 g/mol. The van der Waals surface area contributed by atoms with Gasteiger partial charge in [-0.15, -0.1) is 11.3 Å². The maximum Gasteiger partial charge on any atom is 0.252 e. The number of hydrogen-bond acceptors (Lipinski definition) is 5. The van der Waals surface area contributed by atoms with Crippen molar-refractivity contribution in [2.45, 2.75) is 63.5 Å². The molecule has 1 N–H and O–H groups in total. The molecule has 1 aromatic heterocycles. The van der Waals surface area contributed by atoms with E-state index in [9.17, 15) is 13.2 Å². The predicted octanol–water partition coefficient (Wildman–Crippen LogP) is 6.03. The third kappa shape index (κ3) is 9.13. The molecule has 2 aromatic rings. The summed E-state index contributed by atoms with van der Waals surface area (Å²) in [4.78, 5) is 13.3. The van der Waals surface area contributed by atoms with Crippen molar-refractivity contribution in [1.29, 1.82) is 0 Å². The number of halogens is 1. The molecule has 0 aliphatic heterocycles. The van der Waals surface area contributed by atoms with Crippen LogP contribution in [0.1, 0.15) is 68.1 Å². The largest absolute Gasteiger partial charge is 0.316 e. The second kappa shape index (κ2) is 13.0. The molecule has 0 aliphatic rings. The SMILES string of the molecule is CCCCCCNCC(C)(C)CN(C)S(=O)(=O)c1ccc(CCC(=O)c2ccc(Cl)cc2)s1. The fraction of sp³-hybridized carbons (Fsp3) is 0.560. The molecule has 0 aliphatic carbocycles. The molecular weight excluding hydrogens is 476 g/mol. The first-order valence-electron chi connectivity index (χ1n) is 11.6. The Balaban J connectivity index is 1.88. The number of carbonyl (C=O) groups excluding carboxylic acids is 1. The van der Waals surface area contributed by atoms with Crippen molar-refractivity contribution in [2.75, 3.05) is 26.7 Å². The molecule has 0 atom stereocenters. The minimum atomic E-state index is -3.56. The van der Waals surface area contributed by atoms with Crippen LogP contribution in [0.4, 0.5) is 0 Å². The van der Waals surface area contributed by atoms with E-state index in [4.69, 9.17) is 11.6 Å². The Kier molecular flexibility index (Phi) is 11.0. The van der Waals surface area contributed by atoms with Gasteiger partial charge in [0.25, 0.3) is 10.0 Å². The molecule has 33 heavy (non-hydrogen) atoms. The minimum absolute atomic E-state index is 0.0190. The Labute approximate surface area is 208 Å². The van der Waals surface area contributed by atoms with Gasteiger partial charge in [0.15, 0.2) is 5.78 Å². The number of nitrogens with one attached hydrogen (secondary N) is 1. The van der Waals surface area contributed by atoms with E-state index in [0.717, 1.165) is 24.4 Å². The van der Waals surface area contributed by atoms with Gasteiger partial charge in [0, 0.05) is 42.0 Å². The van der Waals surface area contributed by atoms with E-state index in [0.29, 0.717) is 34.2 Å². The summed E-state index contributed by atoms with van der Waals surface area (Å²) in [7, 11) is -1.92. The zero-order valence-corrected chi connectivity index (χ0v) is 22.6. The van der Waals surface area contributed by atoms with Crippen LogP contribution in [0, 0.1) is 5.41 Å². The second-order valence-electron chi connectivity index (χ2n) is 9.31. The van der Waals surface area contributed by atoms with Gasteiger partial charge in [0.05, 0.1) is 0 Å². The van der Waals surface area contributed by atoms with Crippen LogP contribution in [-0.2, 0) is 16.4 Å². The number of ketones is 1. The van der Waals surface area contributed by atoms with Gasteiger partial charge in [0.2, 0.25) is 0 Å². The Morgan fingerprint density at radius 1 is 1.09 bits per heavy atom. The van der Waals surface area contributed by atoms with Crippen molar-refractivity contribution in [3.63, 3.8) is 0 Å². The van der Waals surface area contributed by atoms with Crippen molar-refractivity contribution in [2.24, 2.45) is 5.41 Å². The quantitative estimate of drug-likeness (QED) is 0.233. The highest BCUT2D eigenvalue weighted by molar-refractivity contribution is 7.91. The molecular formula is C25H37ClN2O3S2. The van der Waals surface area contributed by atoms with Crippen molar-refractivity contribution in [3.8, 4) is 0 Å². The first-order chi connectivity index (χ1) is 15.5. The molecule has 184 valence electrons. The number of nitrogens with zero attached hydrogens (tertiary/aromatic N) is 1. The molecule has 2 rings (SSSR count). The van der Waals surface area contributed by atoms with Crippen LogP contribution in [0.25, 0.3) is 0 Å². The number of carbonyl (C=O) groups is 1. The normalized spacial score (nSPS) is 12.4. The van der Waals surface area contributed by atoms with Crippen molar-refractivity contribution >= 4 is 38.7 Å². The van der Waals surface area contributed by atoms with Gasteiger partial charge >= 0.3 is 0 Å². The third-order valence-corrected chi connectivity index (χ3v) is 9.20. The van der Waals surface area contributed by atoms with Crippen molar-refractivity contribution in [3.05, 3.63) is 51.9 Å². The highest BCUT2D eigenvalue weighted by Gasteiger charge is 2.29. The zero-order chi connectivity index (χ0) is 24.5. The summed E-state index contributed by atoms with van der Waals surface area (Å²) in [6.45, 7) is 8.52. The van der Waals surface area contributed by atoms with Gasteiger partial charge in [-0.25, -0.2) is 8.42 Å². The lowest BCUT2D eigenvalue weighted by Gasteiger charge is -2.30. The van der Waals surface area contributed by atoms with Crippen LogP contribution in [0.15, 0.2) is 40.6 Å². The third-order valence-electron chi connectivity index (χ3n) is 5.53. The van der Waals surface area contributed by atoms with Crippen molar-refractivity contribution < 1.29 is 13.2 Å². The molecule has 0 spiro atoms.